The number of amides is 2. The standard InChI is InChI=1S/C14H14F3N3O2/c1-7-5-10(14(15,16)17)6-11(18-7)19(4)20-12(21)8(2)9(3)13(20)22/h5-6H,1-4H3. The number of hydrazine groups is 1. The van der Waals surface area contributed by atoms with E-state index in [0.29, 0.717) is 0 Å². The van der Waals surface area contributed by atoms with Gasteiger partial charge in [0.25, 0.3) is 11.8 Å². The number of imide groups is 1. The molecule has 0 spiro atoms. The molecule has 2 rings (SSSR count). The fraction of sp³-hybridized carbons (Fsp3) is 0.357. The van der Waals surface area contributed by atoms with E-state index in [4.69, 9.17) is 0 Å². The van der Waals surface area contributed by atoms with Crippen molar-refractivity contribution in [1.82, 2.24) is 9.99 Å². The van der Waals surface area contributed by atoms with Crippen LogP contribution in [0.15, 0.2) is 23.3 Å². The summed E-state index contributed by atoms with van der Waals surface area (Å²) in [6.45, 7) is 4.40. The second-order valence-electron chi connectivity index (χ2n) is 5.05. The van der Waals surface area contributed by atoms with Gasteiger partial charge in [-0.2, -0.15) is 18.2 Å². The monoisotopic (exact) mass is 313 g/mol. The van der Waals surface area contributed by atoms with Gasteiger partial charge in [-0.1, -0.05) is 0 Å². The number of carbonyl (C=O) groups excluding carboxylic acids is 2. The first-order valence-electron chi connectivity index (χ1n) is 6.40. The van der Waals surface area contributed by atoms with E-state index >= 15 is 0 Å². The minimum absolute atomic E-state index is 0.128. The molecule has 0 bridgehead atoms. The molecule has 5 nitrogen and oxygen atoms in total. The van der Waals surface area contributed by atoms with Crippen LogP contribution in [-0.4, -0.2) is 28.9 Å². The van der Waals surface area contributed by atoms with Gasteiger partial charge in [-0.05, 0) is 32.9 Å². The molecule has 1 aliphatic rings. The number of alkyl halides is 3. The number of aryl methyl sites for hydroxylation is 1. The van der Waals surface area contributed by atoms with Crippen LogP contribution in [0.3, 0.4) is 0 Å². The molecule has 0 atom stereocenters. The summed E-state index contributed by atoms with van der Waals surface area (Å²) >= 11 is 0. The minimum Gasteiger partial charge on any atom is -0.267 e. The number of nitrogens with zero attached hydrogens (tertiary/aromatic N) is 3. The van der Waals surface area contributed by atoms with Crippen LogP contribution in [0.25, 0.3) is 0 Å². The molecule has 2 heterocycles. The van der Waals surface area contributed by atoms with E-state index in [-0.39, 0.29) is 22.7 Å². The molecular formula is C14H14F3N3O2. The highest BCUT2D eigenvalue weighted by Crippen LogP contribution is 2.32. The summed E-state index contributed by atoms with van der Waals surface area (Å²) < 4.78 is 38.6. The largest absolute Gasteiger partial charge is 0.416 e. The molecule has 0 N–H and O–H groups in total. The van der Waals surface area contributed by atoms with Crippen molar-refractivity contribution in [3.8, 4) is 0 Å². The van der Waals surface area contributed by atoms with E-state index in [1.54, 1.807) is 0 Å². The van der Waals surface area contributed by atoms with E-state index in [9.17, 15) is 22.8 Å². The predicted molar refractivity (Wildman–Crippen MR) is 72.6 cm³/mol. The maximum Gasteiger partial charge on any atom is 0.416 e. The summed E-state index contributed by atoms with van der Waals surface area (Å²) in [5.41, 5.74) is -0.222. The van der Waals surface area contributed by atoms with Gasteiger partial charge in [0.1, 0.15) is 5.82 Å². The van der Waals surface area contributed by atoms with Gasteiger partial charge >= 0.3 is 6.18 Å². The summed E-state index contributed by atoms with van der Waals surface area (Å²) in [4.78, 5) is 28.1. The quantitative estimate of drug-likeness (QED) is 0.787. The zero-order valence-corrected chi connectivity index (χ0v) is 12.4. The van der Waals surface area contributed by atoms with E-state index in [2.05, 4.69) is 4.98 Å². The molecule has 22 heavy (non-hydrogen) atoms. The zero-order chi connectivity index (χ0) is 16.8. The SMILES string of the molecule is CC1=C(C)C(=O)N(N(C)c2cc(C(F)(F)F)cc(C)n2)C1=O. The highest BCUT2D eigenvalue weighted by molar-refractivity contribution is 6.19. The number of pyridine rings is 1. The van der Waals surface area contributed by atoms with Gasteiger partial charge in [0.15, 0.2) is 0 Å². The smallest absolute Gasteiger partial charge is 0.267 e. The van der Waals surface area contributed by atoms with Gasteiger partial charge in [0.2, 0.25) is 0 Å². The van der Waals surface area contributed by atoms with Crippen molar-refractivity contribution in [3.05, 3.63) is 34.5 Å². The van der Waals surface area contributed by atoms with Gasteiger partial charge in [-0.3, -0.25) is 14.6 Å². The number of hydrogen-bond acceptors (Lipinski definition) is 4. The highest BCUT2D eigenvalue weighted by Gasteiger charge is 2.38. The molecule has 0 radical (unpaired) electrons. The van der Waals surface area contributed by atoms with E-state index in [1.165, 1.54) is 27.8 Å². The maximum absolute atomic E-state index is 12.9. The Balaban J connectivity index is 2.43. The minimum atomic E-state index is -4.54. The Morgan fingerprint density at radius 1 is 1.05 bits per heavy atom. The summed E-state index contributed by atoms with van der Waals surface area (Å²) in [6.07, 6.45) is -4.54. The lowest BCUT2D eigenvalue weighted by Gasteiger charge is -2.28. The van der Waals surface area contributed by atoms with Crippen LogP contribution in [0, 0.1) is 6.92 Å². The van der Waals surface area contributed by atoms with E-state index < -0.39 is 23.6 Å². The highest BCUT2D eigenvalue weighted by atomic mass is 19.4. The molecule has 1 aromatic rings. The second kappa shape index (κ2) is 5.11. The van der Waals surface area contributed by atoms with Crippen LogP contribution in [0.4, 0.5) is 19.0 Å². The van der Waals surface area contributed by atoms with Crippen molar-refractivity contribution in [2.24, 2.45) is 0 Å². The second-order valence-corrected chi connectivity index (χ2v) is 5.05. The molecule has 0 unspecified atom stereocenters. The first-order chi connectivity index (χ1) is 10.0. The average Bonchev–Trinajstić information content (AvgIpc) is 2.61. The molecule has 8 heteroatoms. The van der Waals surface area contributed by atoms with Crippen LogP contribution >= 0.6 is 0 Å². The number of aromatic nitrogens is 1. The number of carbonyl (C=O) groups is 2. The lowest BCUT2D eigenvalue weighted by molar-refractivity contribution is -0.138. The van der Waals surface area contributed by atoms with Crippen LogP contribution in [0.1, 0.15) is 25.1 Å². The van der Waals surface area contributed by atoms with Gasteiger partial charge < -0.3 is 0 Å². The van der Waals surface area contributed by atoms with Crippen molar-refractivity contribution in [1.29, 1.82) is 0 Å². The molecule has 0 saturated heterocycles. The maximum atomic E-state index is 12.9. The van der Waals surface area contributed by atoms with Crippen LogP contribution in [0.2, 0.25) is 0 Å². The Morgan fingerprint density at radius 3 is 2.00 bits per heavy atom. The normalized spacial score (nSPS) is 15.9. The molecule has 0 aromatic carbocycles. The van der Waals surface area contributed by atoms with Crippen LogP contribution in [0.5, 0.6) is 0 Å². The lowest BCUT2D eigenvalue weighted by atomic mass is 10.2. The number of hydrogen-bond donors (Lipinski definition) is 0. The number of anilines is 1. The van der Waals surface area contributed by atoms with E-state index in [0.717, 1.165) is 22.2 Å². The average molecular weight is 313 g/mol. The van der Waals surface area contributed by atoms with Crippen LogP contribution in [-0.2, 0) is 15.8 Å². The molecular weight excluding hydrogens is 299 g/mol. The number of halogens is 3. The van der Waals surface area contributed by atoms with Crippen molar-refractivity contribution in [2.45, 2.75) is 26.9 Å². The molecule has 2 amide bonds. The first-order valence-corrected chi connectivity index (χ1v) is 6.40. The van der Waals surface area contributed by atoms with Crippen molar-refractivity contribution < 1.29 is 22.8 Å². The van der Waals surface area contributed by atoms with Gasteiger partial charge in [0, 0.05) is 23.9 Å². The fourth-order valence-corrected chi connectivity index (χ4v) is 2.09. The molecule has 0 fully saturated rings. The first kappa shape index (κ1) is 16.0. The third-order valence-electron chi connectivity index (χ3n) is 3.49. The Labute approximate surface area is 125 Å². The topological polar surface area (TPSA) is 53.5 Å². The summed E-state index contributed by atoms with van der Waals surface area (Å²) in [6, 6.07) is 1.70. The molecule has 1 aliphatic heterocycles. The summed E-state index contributed by atoms with van der Waals surface area (Å²) in [7, 11) is 1.32. The molecule has 0 aliphatic carbocycles. The Bertz CT molecular complexity index is 671. The fourth-order valence-electron chi connectivity index (χ4n) is 2.09. The van der Waals surface area contributed by atoms with Gasteiger partial charge in [0.05, 0.1) is 5.56 Å². The number of rotatable bonds is 2. The summed E-state index contributed by atoms with van der Waals surface area (Å²) in [5, 5.41) is 1.82. The van der Waals surface area contributed by atoms with Crippen molar-refractivity contribution in [3.63, 3.8) is 0 Å². The van der Waals surface area contributed by atoms with E-state index in [1.807, 2.05) is 0 Å². The molecule has 118 valence electrons. The third-order valence-corrected chi connectivity index (χ3v) is 3.49. The Hall–Kier alpha value is -2.38. The molecule has 1 aromatic heterocycles. The lowest BCUT2D eigenvalue weighted by Crippen LogP contribution is -2.45. The van der Waals surface area contributed by atoms with Crippen LogP contribution < -0.4 is 5.01 Å². The Kier molecular flexibility index (Phi) is 3.72. The zero-order valence-electron chi connectivity index (χ0n) is 12.4. The third kappa shape index (κ3) is 2.56. The predicted octanol–water partition coefficient (Wildman–Crippen LogP) is 2.47. The van der Waals surface area contributed by atoms with Gasteiger partial charge in [-0.25, -0.2) is 4.98 Å². The molecule has 0 saturated carbocycles. The van der Waals surface area contributed by atoms with Crippen molar-refractivity contribution >= 4 is 17.6 Å². The van der Waals surface area contributed by atoms with Crippen molar-refractivity contribution in [2.75, 3.05) is 12.1 Å². The Morgan fingerprint density at radius 2 is 1.55 bits per heavy atom. The summed E-state index contributed by atoms with van der Waals surface area (Å²) in [5.74, 6) is -1.26. The van der Waals surface area contributed by atoms with Gasteiger partial charge in [-0.15, -0.1) is 0 Å².